The maximum atomic E-state index is 2.41. The summed E-state index contributed by atoms with van der Waals surface area (Å²) in [5, 5.41) is 1.39. The third-order valence-electron chi connectivity index (χ3n) is 2.61. The van der Waals surface area contributed by atoms with Gasteiger partial charge in [-0.2, -0.15) is 0 Å². The summed E-state index contributed by atoms with van der Waals surface area (Å²) in [6, 6.07) is 4.49. The topological polar surface area (TPSA) is 8.17 Å². The molecule has 0 fully saturated rings. The Kier molecular flexibility index (Phi) is 5.09. The van der Waals surface area contributed by atoms with E-state index >= 15 is 0 Å². The van der Waals surface area contributed by atoms with Gasteiger partial charge in [0.1, 0.15) is 5.82 Å². The predicted molar refractivity (Wildman–Crippen MR) is 70.1 cm³/mol. The first-order valence-electron chi connectivity index (χ1n) is 5.85. The lowest BCUT2D eigenvalue weighted by Crippen LogP contribution is -2.24. The smallest absolute Gasteiger partial charge is 0.109 e. The molecule has 0 amide bonds. The van der Waals surface area contributed by atoms with Gasteiger partial charge in [0.2, 0.25) is 0 Å². The lowest BCUT2D eigenvalue weighted by Gasteiger charge is -2.23. The maximum Gasteiger partial charge on any atom is 0.109 e. The van der Waals surface area contributed by atoms with Gasteiger partial charge in [-0.25, -0.2) is 0 Å². The molecule has 0 atom stereocenters. The van der Waals surface area contributed by atoms with Crippen molar-refractivity contribution in [3.63, 3.8) is 0 Å². The van der Waals surface area contributed by atoms with E-state index in [9.17, 15) is 0 Å². The summed E-state index contributed by atoms with van der Waals surface area (Å²) in [7, 11) is 0. The summed E-state index contributed by atoms with van der Waals surface area (Å²) in [5.74, 6) is 2.50. The van der Waals surface area contributed by atoms with E-state index in [-0.39, 0.29) is 0 Å². The van der Waals surface area contributed by atoms with Crippen molar-refractivity contribution in [2.45, 2.75) is 39.3 Å². The van der Waals surface area contributed by atoms with E-state index in [1.54, 1.807) is 0 Å². The minimum atomic E-state index is 1.06. The molecule has 0 aliphatic heterocycles. The highest BCUT2D eigenvalue weighted by Gasteiger charge is 2.10. The first-order chi connectivity index (χ1) is 7.28. The van der Waals surface area contributed by atoms with Crippen molar-refractivity contribution in [3.05, 3.63) is 12.1 Å². The van der Waals surface area contributed by atoms with Crippen molar-refractivity contribution in [3.8, 4) is 0 Å². The molecule has 0 saturated heterocycles. The van der Waals surface area contributed by atoms with E-state index in [4.69, 9.17) is 0 Å². The summed E-state index contributed by atoms with van der Waals surface area (Å²) >= 11 is 1.92. The number of rotatable bonds is 6. The fourth-order valence-corrected chi connectivity index (χ4v) is 2.69. The Morgan fingerprint density at radius 3 is 2.27 bits per heavy atom. The molecule has 0 saturated carbocycles. The van der Waals surface area contributed by atoms with Gasteiger partial charge in [-0.05, 0) is 38.7 Å². The summed E-state index contributed by atoms with van der Waals surface area (Å²) in [6.45, 7) is 12.1. The van der Waals surface area contributed by atoms with Gasteiger partial charge in [0.05, 0.1) is 5.03 Å². The first-order valence-corrected chi connectivity index (χ1v) is 6.84. The number of hydrogen-bond donors (Lipinski definition) is 0. The fraction of sp³-hybridized carbons (Fsp3) is 0.667. The van der Waals surface area contributed by atoms with Crippen LogP contribution in [0, 0.1) is 0 Å². The fourth-order valence-electron chi connectivity index (χ4n) is 1.85. The van der Waals surface area contributed by atoms with Crippen LogP contribution in [0.15, 0.2) is 17.2 Å². The molecule has 0 aliphatic carbocycles. The van der Waals surface area contributed by atoms with Crippen LogP contribution in [-0.4, -0.2) is 23.4 Å². The Hall–Kier alpha value is -0.570. The standard InChI is InChI=1S/C12H22N2S/c1-5-13(6-2)11-9-10-12(15-8-4)14(11)7-3/h9-10H,5-8H2,1-4H3. The average Bonchev–Trinajstić information content (AvgIpc) is 2.64. The normalized spacial score (nSPS) is 10.7. The zero-order valence-corrected chi connectivity index (χ0v) is 11.1. The van der Waals surface area contributed by atoms with Gasteiger partial charge in [0, 0.05) is 19.6 Å². The summed E-state index contributed by atoms with van der Waals surface area (Å²) < 4.78 is 2.40. The number of aromatic nitrogens is 1. The molecule has 0 bridgehead atoms. The first kappa shape index (κ1) is 12.5. The Morgan fingerprint density at radius 1 is 1.13 bits per heavy atom. The average molecular weight is 226 g/mol. The highest BCUT2D eigenvalue weighted by atomic mass is 32.2. The highest BCUT2D eigenvalue weighted by molar-refractivity contribution is 7.99. The van der Waals surface area contributed by atoms with Crippen LogP contribution in [-0.2, 0) is 6.54 Å². The van der Waals surface area contributed by atoms with Gasteiger partial charge in [0.25, 0.3) is 0 Å². The monoisotopic (exact) mass is 226 g/mol. The molecule has 15 heavy (non-hydrogen) atoms. The lowest BCUT2D eigenvalue weighted by molar-refractivity contribution is 0.676. The molecule has 1 aromatic heterocycles. The van der Waals surface area contributed by atoms with Crippen molar-refractivity contribution >= 4 is 17.6 Å². The zero-order valence-electron chi connectivity index (χ0n) is 10.3. The van der Waals surface area contributed by atoms with Crippen molar-refractivity contribution in [1.82, 2.24) is 4.57 Å². The second-order valence-corrected chi connectivity index (χ2v) is 4.66. The Labute approximate surface area is 97.7 Å². The Morgan fingerprint density at radius 2 is 1.80 bits per heavy atom. The summed E-state index contributed by atoms with van der Waals surface area (Å²) in [5.41, 5.74) is 0. The van der Waals surface area contributed by atoms with Gasteiger partial charge >= 0.3 is 0 Å². The SMILES string of the molecule is CCSc1ccc(N(CC)CC)n1CC. The number of anilines is 1. The predicted octanol–water partition coefficient (Wildman–Crippen LogP) is 3.47. The van der Waals surface area contributed by atoms with Crippen LogP contribution < -0.4 is 4.90 Å². The van der Waals surface area contributed by atoms with Gasteiger partial charge in [-0.15, -0.1) is 11.8 Å². The maximum absolute atomic E-state index is 2.41. The molecule has 3 heteroatoms. The summed E-state index contributed by atoms with van der Waals surface area (Å²) in [4.78, 5) is 2.41. The molecule has 1 heterocycles. The number of hydrogen-bond acceptors (Lipinski definition) is 2. The van der Waals surface area contributed by atoms with E-state index in [0.717, 1.165) is 25.4 Å². The van der Waals surface area contributed by atoms with E-state index in [1.165, 1.54) is 10.8 Å². The molecule has 1 rings (SSSR count). The molecule has 0 unspecified atom stereocenters. The molecule has 1 aromatic rings. The third-order valence-corrected chi connectivity index (χ3v) is 3.55. The lowest BCUT2D eigenvalue weighted by atomic mass is 10.4. The van der Waals surface area contributed by atoms with Crippen molar-refractivity contribution < 1.29 is 0 Å². The number of nitrogens with zero attached hydrogens (tertiary/aromatic N) is 2. The second kappa shape index (κ2) is 6.11. The van der Waals surface area contributed by atoms with Crippen LogP contribution >= 0.6 is 11.8 Å². The Bertz CT molecular complexity index is 290. The summed E-state index contributed by atoms with van der Waals surface area (Å²) in [6.07, 6.45) is 0. The van der Waals surface area contributed by atoms with Gasteiger partial charge in [0.15, 0.2) is 0 Å². The number of thioether (sulfide) groups is 1. The third kappa shape index (κ3) is 2.71. The molecule has 0 spiro atoms. The zero-order chi connectivity index (χ0) is 11.3. The van der Waals surface area contributed by atoms with Crippen LogP contribution in [0.5, 0.6) is 0 Å². The molecule has 86 valence electrons. The molecule has 0 aliphatic rings. The van der Waals surface area contributed by atoms with Crippen LogP contribution in [0.1, 0.15) is 27.7 Å². The minimum absolute atomic E-state index is 1.06. The van der Waals surface area contributed by atoms with Crippen molar-refractivity contribution in [1.29, 1.82) is 0 Å². The van der Waals surface area contributed by atoms with E-state index in [0.29, 0.717) is 0 Å². The van der Waals surface area contributed by atoms with Gasteiger partial charge < -0.3 is 9.47 Å². The van der Waals surface area contributed by atoms with Crippen LogP contribution in [0.4, 0.5) is 5.82 Å². The molecule has 0 radical (unpaired) electrons. The van der Waals surface area contributed by atoms with E-state index in [1.807, 2.05) is 11.8 Å². The highest BCUT2D eigenvalue weighted by Crippen LogP contribution is 2.26. The van der Waals surface area contributed by atoms with Gasteiger partial charge in [-0.3, -0.25) is 0 Å². The van der Waals surface area contributed by atoms with Crippen molar-refractivity contribution in [2.24, 2.45) is 0 Å². The largest absolute Gasteiger partial charge is 0.359 e. The molecule has 0 aromatic carbocycles. The van der Waals surface area contributed by atoms with E-state index < -0.39 is 0 Å². The quantitative estimate of drug-likeness (QED) is 0.686. The molecule has 0 N–H and O–H groups in total. The van der Waals surface area contributed by atoms with Crippen LogP contribution in [0.3, 0.4) is 0 Å². The van der Waals surface area contributed by atoms with Crippen LogP contribution in [0.2, 0.25) is 0 Å². The molecular weight excluding hydrogens is 204 g/mol. The van der Waals surface area contributed by atoms with Crippen molar-refractivity contribution in [2.75, 3.05) is 23.7 Å². The van der Waals surface area contributed by atoms with E-state index in [2.05, 4.69) is 49.3 Å². The second-order valence-electron chi connectivity index (χ2n) is 3.38. The van der Waals surface area contributed by atoms with Gasteiger partial charge in [-0.1, -0.05) is 6.92 Å². The molecule has 2 nitrogen and oxygen atoms in total. The minimum Gasteiger partial charge on any atom is -0.359 e. The molecular formula is C12H22N2S. The Balaban J connectivity index is 2.96. The van der Waals surface area contributed by atoms with Crippen LogP contribution in [0.25, 0.3) is 0 Å².